The SMILES string of the molecule is Nc1c(C#CCC=O)cccc1C(=O)O. The van der Waals surface area contributed by atoms with Crippen molar-refractivity contribution >= 4 is 17.9 Å². The molecule has 0 heterocycles. The number of hydrogen-bond donors (Lipinski definition) is 2. The molecule has 0 spiro atoms. The minimum absolute atomic E-state index is 0.0212. The molecule has 4 nitrogen and oxygen atoms in total. The molecule has 0 unspecified atom stereocenters. The van der Waals surface area contributed by atoms with E-state index in [0.717, 1.165) is 0 Å². The number of nitrogen functional groups attached to an aromatic ring is 1. The minimum atomic E-state index is -1.09. The second-order valence-electron chi connectivity index (χ2n) is 2.74. The number of carboxylic acid groups (broad SMARTS) is 1. The number of para-hydroxylation sites is 1. The maximum Gasteiger partial charge on any atom is 0.337 e. The molecule has 0 atom stereocenters. The lowest BCUT2D eigenvalue weighted by atomic mass is 10.1. The number of carboxylic acids is 1. The number of carbonyl (C=O) groups excluding carboxylic acids is 1. The van der Waals surface area contributed by atoms with Gasteiger partial charge in [0, 0.05) is 5.56 Å². The molecule has 3 N–H and O–H groups in total. The molecule has 0 aliphatic rings. The second kappa shape index (κ2) is 4.82. The van der Waals surface area contributed by atoms with Crippen LogP contribution in [-0.4, -0.2) is 17.4 Å². The first kappa shape index (κ1) is 10.8. The molecule has 0 aliphatic heterocycles. The van der Waals surface area contributed by atoms with Crippen LogP contribution < -0.4 is 5.73 Å². The Kier molecular flexibility index (Phi) is 3.47. The van der Waals surface area contributed by atoms with Gasteiger partial charge in [0.05, 0.1) is 17.7 Å². The van der Waals surface area contributed by atoms with Crippen LogP contribution in [0.4, 0.5) is 5.69 Å². The van der Waals surface area contributed by atoms with Gasteiger partial charge in [-0.25, -0.2) is 4.79 Å². The Hall–Kier alpha value is -2.28. The van der Waals surface area contributed by atoms with Gasteiger partial charge in [0.25, 0.3) is 0 Å². The molecule has 0 aliphatic carbocycles. The average Bonchev–Trinajstić information content (AvgIpc) is 2.20. The lowest BCUT2D eigenvalue weighted by Crippen LogP contribution is -2.03. The summed E-state index contributed by atoms with van der Waals surface area (Å²) in [7, 11) is 0. The Morgan fingerprint density at radius 1 is 1.53 bits per heavy atom. The lowest BCUT2D eigenvalue weighted by molar-refractivity contribution is -0.107. The van der Waals surface area contributed by atoms with Gasteiger partial charge in [-0.05, 0) is 12.1 Å². The first-order chi connectivity index (χ1) is 7.16. The van der Waals surface area contributed by atoms with Crippen molar-refractivity contribution in [1.82, 2.24) is 0 Å². The Balaban J connectivity index is 3.11. The Bertz CT molecular complexity index is 455. The summed E-state index contributed by atoms with van der Waals surface area (Å²) < 4.78 is 0. The molecule has 0 saturated carbocycles. The topological polar surface area (TPSA) is 80.4 Å². The van der Waals surface area contributed by atoms with E-state index in [1.807, 2.05) is 0 Å². The van der Waals surface area contributed by atoms with Gasteiger partial charge < -0.3 is 15.6 Å². The summed E-state index contributed by atoms with van der Waals surface area (Å²) in [6, 6.07) is 4.58. The van der Waals surface area contributed by atoms with Crippen LogP contribution >= 0.6 is 0 Å². The van der Waals surface area contributed by atoms with Crippen LogP contribution in [0.2, 0.25) is 0 Å². The van der Waals surface area contributed by atoms with Gasteiger partial charge in [-0.3, -0.25) is 0 Å². The van der Waals surface area contributed by atoms with Crippen molar-refractivity contribution in [2.45, 2.75) is 6.42 Å². The maximum absolute atomic E-state index is 10.7. The van der Waals surface area contributed by atoms with E-state index < -0.39 is 5.97 Å². The number of hydrogen-bond acceptors (Lipinski definition) is 3. The molecule has 1 aromatic carbocycles. The van der Waals surface area contributed by atoms with E-state index in [1.54, 1.807) is 12.1 Å². The molecule has 76 valence electrons. The van der Waals surface area contributed by atoms with E-state index in [1.165, 1.54) is 6.07 Å². The summed E-state index contributed by atoms with van der Waals surface area (Å²) in [5.74, 6) is 4.12. The van der Waals surface area contributed by atoms with Crippen LogP contribution in [0.3, 0.4) is 0 Å². The quantitative estimate of drug-likeness (QED) is 0.425. The van der Waals surface area contributed by atoms with Crippen LogP contribution in [0.5, 0.6) is 0 Å². The van der Waals surface area contributed by atoms with Crippen molar-refractivity contribution < 1.29 is 14.7 Å². The Morgan fingerprint density at radius 3 is 2.87 bits per heavy atom. The number of carbonyl (C=O) groups is 2. The fourth-order valence-electron chi connectivity index (χ4n) is 1.05. The molecule has 0 fully saturated rings. The molecular formula is C11H9NO3. The van der Waals surface area contributed by atoms with Gasteiger partial charge in [-0.2, -0.15) is 0 Å². The molecule has 0 saturated heterocycles. The highest BCUT2D eigenvalue weighted by Gasteiger charge is 2.08. The molecule has 0 aromatic heterocycles. The van der Waals surface area contributed by atoms with Gasteiger partial charge in [-0.1, -0.05) is 17.9 Å². The van der Waals surface area contributed by atoms with E-state index in [2.05, 4.69) is 11.8 Å². The number of anilines is 1. The Morgan fingerprint density at radius 2 is 2.27 bits per heavy atom. The fourth-order valence-corrected chi connectivity index (χ4v) is 1.05. The van der Waals surface area contributed by atoms with Crippen molar-refractivity contribution in [3.05, 3.63) is 29.3 Å². The maximum atomic E-state index is 10.7. The van der Waals surface area contributed by atoms with Gasteiger partial charge >= 0.3 is 5.97 Å². The third-order valence-corrected chi connectivity index (χ3v) is 1.74. The third kappa shape index (κ3) is 2.58. The predicted octanol–water partition coefficient (Wildman–Crippen LogP) is 0.908. The highest BCUT2D eigenvalue weighted by Crippen LogP contribution is 2.16. The normalized spacial score (nSPS) is 8.80. The Labute approximate surface area is 86.7 Å². The number of aldehydes is 1. The van der Waals surface area contributed by atoms with Crippen molar-refractivity contribution in [2.75, 3.05) is 5.73 Å². The number of benzene rings is 1. The summed E-state index contributed by atoms with van der Waals surface area (Å²) in [6.07, 6.45) is 0.779. The van der Waals surface area contributed by atoms with Gasteiger partial charge in [-0.15, -0.1) is 0 Å². The zero-order valence-electron chi connectivity index (χ0n) is 7.86. The molecule has 0 radical (unpaired) electrons. The highest BCUT2D eigenvalue weighted by atomic mass is 16.4. The van der Waals surface area contributed by atoms with Crippen LogP contribution in [-0.2, 0) is 4.79 Å². The fraction of sp³-hybridized carbons (Fsp3) is 0.0909. The van der Waals surface area contributed by atoms with Gasteiger partial charge in [0.15, 0.2) is 0 Å². The zero-order chi connectivity index (χ0) is 11.3. The molecule has 1 rings (SSSR count). The van der Waals surface area contributed by atoms with Crippen LogP contribution in [0.25, 0.3) is 0 Å². The number of aromatic carboxylic acids is 1. The van der Waals surface area contributed by atoms with E-state index in [9.17, 15) is 9.59 Å². The average molecular weight is 203 g/mol. The summed E-state index contributed by atoms with van der Waals surface area (Å²) >= 11 is 0. The second-order valence-corrected chi connectivity index (χ2v) is 2.74. The number of rotatable bonds is 2. The van der Waals surface area contributed by atoms with E-state index >= 15 is 0 Å². The summed E-state index contributed by atoms with van der Waals surface area (Å²) in [4.78, 5) is 20.7. The smallest absolute Gasteiger partial charge is 0.337 e. The molecule has 4 heteroatoms. The molecule has 0 amide bonds. The summed E-state index contributed by atoms with van der Waals surface area (Å²) in [5.41, 5.74) is 6.17. The zero-order valence-corrected chi connectivity index (χ0v) is 7.86. The first-order valence-corrected chi connectivity index (χ1v) is 4.21. The summed E-state index contributed by atoms with van der Waals surface area (Å²) in [5, 5.41) is 8.78. The van der Waals surface area contributed by atoms with E-state index in [4.69, 9.17) is 10.8 Å². The van der Waals surface area contributed by atoms with Crippen LogP contribution in [0.1, 0.15) is 22.3 Å². The molecule has 15 heavy (non-hydrogen) atoms. The first-order valence-electron chi connectivity index (χ1n) is 4.21. The van der Waals surface area contributed by atoms with E-state index in [0.29, 0.717) is 11.8 Å². The largest absolute Gasteiger partial charge is 0.478 e. The van der Waals surface area contributed by atoms with Crippen molar-refractivity contribution in [3.8, 4) is 11.8 Å². The van der Waals surface area contributed by atoms with E-state index in [-0.39, 0.29) is 17.7 Å². The monoisotopic (exact) mass is 203 g/mol. The highest BCUT2D eigenvalue weighted by molar-refractivity contribution is 5.95. The molecule has 1 aromatic rings. The summed E-state index contributed by atoms with van der Waals surface area (Å²) in [6.45, 7) is 0. The third-order valence-electron chi connectivity index (χ3n) is 1.74. The van der Waals surface area contributed by atoms with Gasteiger partial charge in [0.1, 0.15) is 6.29 Å². The van der Waals surface area contributed by atoms with Crippen molar-refractivity contribution in [3.63, 3.8) is 0 Å². The number of nitrogens with two attached hydrogens (primary N) is 1. The standard InChI is InChI=1S/C11H9NO3/c12-10-8(4-1-2-7-13)5-3-6-9(10)11(14)15/h3,5-7H,2,12H2,(H,14,15). The minimum Gasteiger partial charge on any atom is -0.478 e. The van der Waals surface area contributed by atoms with Gasteiger partial charge in [0.2, 0.25) is 0 Å². The molecule has 0 bridgehead atoms. The predicted molar refractivity (Wildman–Crippen MR) is 55.4 cm³/mol. The van der Waals surface area contributed by atoms with Crippen LogP contribution in [0.15, 0.2) is 18.2 Å². The molecular weight excluding hydrogens is 194 g/mol. The lowest BCUT2D eigenvalue weighted by Gasteiger charge is -2.01. The van der Waals surface area contributed by atoms with Crippen molar-refractivity contribution in [1.29, 1.82) is 0 Å². The van der Waals surface area contributed by atoms with Crippen LogP contribution in [0, 0.1) is 11.8 Å². The van der Waals surface area contributed by atoms with Crippen molar-refractivity contribution in [2.24, 2.45) is 0 Å².